The molecular weight excluding hydrogens is 458 g/mol. The van der Waals surface area contributed by atoms with Crippen LogP contribution in [0.25, 0.3) is 28.4 Å². The molecule has 34 heavy (non-hydrogen) atoms. The topological polar surface area (TPSA) is 151 Å². The number of aromatic nitrogens is 4. The van der Waals surface area contributed by atoms with Crippen LogP contribution in [-0.4, -0.2) is 39.8 Å². The van der Waals surface area contributed by atoms with E-state index in [-0.39, 0.29) is 28.2 Å². The molecule has 0 spiro atoms. The van der Waals surface area contributed by atoms with Crippen LogP contribution < -0.4 is 5.73 Å². The van der Waals surface area contributed by atoms with Crippen molar-refractivity contribution in [1.29, 1.82) is 0 Å². The van der Waals surface area contributed by atoms with Crippen molar-refractivity contribution in [2.24, 2.45) is 0 Å². The predicted octanol–water partition coefficient (Wildman–Crippen LogP) is 3.58. The second-order valence-corrected chi connectivity index (χ2v) is 10.4. The van der Waals surface area contributed by atoms with E-state index in [1.54, 1.807) is 32.1 Å². The number of benzene rings is 1. The molecule has 0 saturated heterocycles. The molecule has 0 unspecified atom stereocenters. The summed E-state index contributed by atoms with van der Waals surface area (Å²) in [5, 5.41) is 7.59. The van der Waals surface area contributed by atoms with Gasteiger partial charge in [0.25, 0.3) is 11.8 Å². The second-order valence-electron chi connectivity index (χ2n) is 7.89. The number of nitrogens with zero attached hydrogens (tertiary/aromatic N) is 4. The van der Waals surface area contributed by atoms with E-state index in [1.165, 1.54) is 25.3 Å². The van der Waals surface area contributed by atoms with E-state index in [2.05, 4.69) is 20.2 Å². The smallest absolute Gasteiger partial charge is 0.307 e. The lowest BCUT2D eigenvalue weighted by molar-refractivity contribution is -0.137. The maximum Gasteiger partial charge on any atom is 0.307 e. The Balaban J connectivity index is 1.68. The Morgan fingerprint density at radius 3 is 2.53 bits per heavy atom. The zero-order valence-electron chi connectivity index (χ0n) is 18.8. The molecule has 0 atom stereocenters. The molecular formula is C23H23N5O5S. The van der Waals surface area contributed by atoms with Crippen molar-refractivity contribution < 1.29 is 22.4 Å². The lowest BCUT2D eigenvalue weighted by Crippen LogP contribution is -2.13. The van der Waals surface area contributed by atoms with E-state index in [0.717, 1.165) is 6.42 Å². The number of nitrogens with two attached hydrogens (primary N) is 1. The van der Waals surface area contributed by atoms with Crippen molar-refractivity contribution in [2.45, 2.75) is 43.8 Å². The maximum atomic E-state index is 12.4. The van der Waals surface area contributed by atoms with Crippen LogP contribution in [0.4, 0.5) is 5.82 Å². The number of nitrogen functional groups attached to an aromatic ring is 1. The first-order valence-electron chi connectivity index (χ1n) is 10.6. The number of ether oxygens (including phenoxy) is 1. The molecule has 1 aromatic carbocycles. The molecule has 2 N–H and O–H groups in total. The molecule has 0 bridgehead atoms. The van der Waals surface area contributed by atoms with Crippen molar-refractivity contribution >= 4 is 27.2 Å². The van der Waals surface area contributed by atoms with E-state index in [1.807, 2.05) is 6.08 Å². The minimum Gasteiger partial charge on any atom is -0.430 e. The van der Waals surface area contributed by atoms with Crippen LogP contribution in [0.5, 0.6) is 0 Å². The maximum absolute atomic E-state index is 12.4. The van der Waals surface area contributed by atoms with Gasteiger partial charge in [0.2, 0.25) is 0 Å². The molecule has 1 aliphatic carbocycles. The number of hydrogen-bond donors (Lipinski definition) is 1. The summed E-state index contributed by atoms with van der Waals surface area (Å²) in [6.45, 7) is 4.59. The third-order valence-electron chi connectivity index (χ3n) is 5.15. The molecule has 1 aliphatic rings. The molecule has 0 fully saturated rings. The summed E-state index contributed by atoms with van der Waals surface area (Å²) in [7, 11) is -3.38. The van der Waals surface area contributed by atoms with Gasteiger partial charge < -0.3 is 14.9 Å². The highest BCUT2D eigenvalue weighted by Gasteiger charge is 2.22. The molecule has 10 nitrogen and oxygen atoms in total. The highest BCUT2D eigenvalue weighted by molar-refractivity contribution is 7.92. The van der Waals surface area contributed by atoms with Gasteiger partial charge in [-0.15, -0.1) is 10.2 Å². The summed E-state index contributed by atoms with van der Waals surface area (Å²) in [4.78, 5) is 20.4. The van der Waals surface area contributed by atoms with E-state index >= 15 is 0 Å². The Bertz CT molecular complexity index is 1410. The highest BCUT2D eigenvalue weighted by atomic mass is 32.2. The Morgan fingerprint density at radius 1 is 1.15 bits per heavy atom. The van der Waals surface area contributed by atoms with E-state index in [4.69, 9.17) is 14.9 Å². The van der Waals surface area contributed by atoms with Crippen molar-refractivity contribution in [3.63, 3.8) is 0 Å². The first kappa shape index (κ1) is 23.3. The minimum absolute atomic E-state index is 0.0505. The van der Waals surface area contributed by atoms with Crippen molar-refractivity contribution in [3.8, 4) is 22.8 Å². The van der Waals surface area contributed by atoms with Gasteiger partial charge >= 0.3 is 5.97 Å². The van der Waals surface area contributed by atoms with E-state index < -0.39 is 21.1 Å². The van der Waals surface area contributed by atoms with Crippen LogP contribution >= 0.6 is 0 Å². The molecule has 0 saturated carbocycles. The van der Waals surface area contributed by atoms with Gasteiger partial charge in [-0.2, -0.15) is 0 Å². The zero-order valence-corrected chi connectivity index (χ0v) is 19.7. The van der Waals surface area contributed by atoms with Crippen molar-refractivity contribution in [3.05, 3.63) is 54.3 Å². The quantitative estimate of drug-likeness (QED) is 0.517. The van der Waals surface area contributed by atoms with Gasteiger partial charge in [0, 0.05) is 18.9 Å². The van der Waals surface area contributed by atoms with Crippen LogP contribution in [0.3, 0.4) is 0 Å². The first-order chi connectivity index (χ1) is 16.2. The molecule has 4 rings (SSSR count). The summed E-state index contributed by atoms with van der Waals surface area (Å²) in [6.07, 6.45) is 6.42. The Hall–Kier alpha value is -3.86. The summed E-state index contributed by atoms with van der Waals surface area (Å²) in [5.74, 6) is 0.324. The van der Waals surface area contributed by atoms with Gasteiger partial charge in [0.15, 0.2) is 21.3 Å². The minimum atomic E-state index is -3.38. The lowest BCUT2D eigenvalue weighted by atomic mass is 10.1. The number of sulfone groups is 1. The monoisotopic (exact) mass is 481 g/mol. The SMILES string of the molecule is CC(=O)OC1=C(c2nnc(-c3nc(-c4ccc(S(=O)(=O)C(C)C)cc4)cnc3N)o2)C=CCC1. The third-order valence-corrected chi connectivity index (χ3v) is 7.32. The Labute approximate surface area is 196 Å². The van der Waals surface area contributed by atoms with Gasteiger partial charge in [-0.3, -0.25) is 4.79 Å². The molecule has 2 aromatic heterocycles. The lowest BCUT2D eigenvalue weighted by Gasteiger charge is -2.12. The predicted molar refractivity (Wildman–Crippen MR) is 125 cm³/mol. The number of esters is 1. The average Bonchev–Trinajstić information content (AvgIpc) is 3.29. The normalized spacial score (nSPS) is 14.0. The molecule has 2 heterocycles. The molecule has 0 aliphatic heterocycles. The number of hydrogen-bond acceptors (Lipinski definition) is 10. The molecule has 0 radical (unpaired) electrons. The standard InChI is InChI=1S/C23H23N5O5S/c1-13(2)34(30,31)16-10-8-15(9-11-16)18-12-25-21(24)20(26-18)23-28-27-22(33-23)17-6-4-5-7-19(17)32-14(3)29/h4,6,8-13H,5,7H2,1-3H3,(H2,24,25). The Kier molecular flexibility index (Phi) is 6.29. The number of carbonyl (C=O) groups is 1. The van der Waals surface area contributed by atoms with Crippen LogP contribution in [-0.2, 0) is 19.4 Å². The van der Waals surface area contributed by atoms with Crippen molar-refractivity contribution in [1.82, 2.24) is 20.2 Å². The summed E-state index contributed by atoms with van der Waals surface area (Å²) in [5.41, 5.74) is 7.82. The second kappa shape index (κ2) is 9.18. The molecule has 3 aromatic rings. The third kappa shape index (κ3) is 4.60. The number of carbonyl (C=O) groups excluding carboxylic acids is 1. The van der Waals surface area contributed by atoms with Crippen LogP contribution in [0.2, 0.25) is 0 Å². The Morgan fingerprint density at radius 2 is 1.85 bits per heavy atom. The van der Waals surface area contributed by atoms with E-state index in [0.29, 0.717) is 29.0 Å². The number of allylic oxidation sites excluding steroid dienone is 4. The molecule has 176 valence electrons. The van der Waals surface area contributed by atoms with Gasteiger partial charge in [0.05, 0.1) is 27.6 Å². The summed E-state index contributed by atoms with van der Waals surface area (Å²) in [6, 6.07) is 6.38. The number of rotatable bonds is 6. The fourth-order valence-corrected chi connectivity index (χ4v) is 4.38. The van der Waals surface area contributed by atoms with Gasteiger partial charge in [-0.25, -0.2) is 18.4 Å². The fourth-order valence-electron chi connectivity index (χ4n) is 3.32. The van der Waals surface area contributed by atoms with Crippen LogP contribution in [0.15, 0.2) is 57.7 Å². The highest BCUT2D eigenvalue weighted by Crippen LogP contribution is 2.31. The molecule has 0 amide bonds. The average molecular weight is 482 g/mol. The summed E-state index contributed by atoms with van der Waals surface area (Å²) < 4.78 is 35.8. The van der Waals surface area contributed by atoms with Gasteiger partial charge in [0.1, 0.15) is 5.76 Å². The van der Waals surface area contributed by atoms with Gasteiger partial charge in [-0.1, -0.05) is 24.3 Å². The first-order valence-corrected chi connectivity index (χ1v) is 12.1. The fraction of sp³-hybridized carbons (Fsp3) is 0.261. The van der Waals surface area contributed by atoms with E-state index in [9.17, 15) is 13.2 Å². The van der Waals surface area contributed by atoms with Crippen LogP contribution in [0.1, 0.15) is 39.5 Å². The zero-order chi connectivity index (χ0) is 24.5. The van der Waals surface area contributed by atoms with Crippen LogP contribution in [0, 0.1) is 0 Å². The number of anilines is 1. The summed E-state index contributed by atoms with van der Waals surface area (Å²) >= 11 is 0. The largest absolute Gasteiger partial charge is 0.430 e. The van der Waals surface area contributed by atoms with Crippen molar-refractivity contribution in [2.75, 3.05) is 5.73 Å². The molecule has 11 heteroatoms. The van der Waals surface area contributed by atoms with Gasteiger partial charge in [-0.05, 0) is 32.4 Å².